The fourth-order valence-electron chi connectivity index (χ4n) is 10.6. The molecule has 0 aliphatic heterocycles. The van der Waals surface area contributed by atoms with Crippen molar-refractivity contribution in [3.8, 4) is 0 Å². The Hall–Kier alpha value is -0.0400. The molecule has 0 saturated heterocycles. The summed E-state index contributed by atoms with van der Waals surface area (Å²) in [7, 11) is 0. The van der Waals surface area contributed by atoms with Crippen LogP contribution in [0, 0.1) is 45.3 Å². The summed E-state index contributed by atoms with van der Waals surface area (Å²) in [5.74, 6) is 2.72. The van der Waals surface area contributed by atoms with Gasteiger partial charge in [0.1, 0.15) is 0 Å². The molecule has 2 aliphatic rings. The van der Waals surface area contributed by atoms with Gasteiger partial charge in [-0.2, -0.15) is 0 Å². The lowest BCUT2D eigenvalue weighted by molar-refractivity contribution is -0.225. The lowest BCUT2D eigenvalue weighted by Crippen LogP contribution is -2.56. The van der Waals surface area contributed by atoms with Crippen LogP contribution in [0.4, 0.5) is 0 Å². The molecule has 35 heavy (non-hydrogen) atoms. The largest absolute Gasteiger partial charge is 0.369 e. The van der Waals surface area contributed by atoms with Crippen LogP contribution in [0.1, 0.15) is 161 Å². The molecule has 2 rings (SSSR count). The van der Waals surface area contributed by atoms with Gasteiger partial charge >= 0.3 is 0 Å². The summed E-state index contributed by atoms with van der Waals surface area (Å²) in [6, 6.07) is 0. The minimum Gasteiger partial charge on any atom is -0.369 e. The van der Waals surface area contributed by atoms with E-state index in [9.17, 15) is 0 Å². The summed E-state index contributed by atoms with van der Waals surface area (Å²) in [5, 5.41) is 0. The van der Waals surface area contributed by atoms with Crippen molar-refractivity contribution in [1.82, 2.24) is 0 Å². The second kappa shape index (κ2) is 10.6. The third kappa shape index (κ3) is 8.48. The van der Waals surface area contributed by atoms with Gasteiger partial charge in [-0.15, -0.1) is 0 Å². The maximum atomic E-state index is 7.58. The highest BCUT2D eigenvalue weighted by molar-refractivity contribution is 5.02. The fraction of sp³-hybridized carbons (Fsp3) is 1.00. The van der Waals surface area contributed by atoms with Crippen LogP contribution in [0.25, 0.3) is 0 Å². The van der Waals surface area contributed by atoms with Crippen LogP contribution >= 0.6 is 0 Å². The van der Waals surface area contributed by atoms with Crippen LogP contribution in [0.5, 0.6) is 0 Å². The Labute approximate surface area is 222 Å². The van der Waals surface area contributed by atoms with E-state index in [1.54, 1.807) is 0 Å². The molecular weight excluding hydrogens is 424 g/mol. The van der Waals surface area contributed by atoms with Crippen LogP contribution in [0.2, 0.25) is 0 Å². The van der Waals surface area contributed by atoms with Gasteiger partial charge in [-0.3, -0.25) is 0 Å². The van der Waals surface area contributed by atoms with E-state index in [4.69, 9.17) is 4.74 Å². The molecule has 208 valence electrons. The van der Waals surface area contributed by atoms with Crippen molar-refractivity contribution in [2.24, 2.45) is 45.3 Å². The Bertz CT molecular complexity index is 596. The van der Waals surface area contributed by atoms with E-state index in [2.05, 4.69) is 96.9 Å². The predicted molar refractivity (Wildman–Crippen MR) is 156 cm³/mol. The molecule has 2 aliphatic carbocycles. The fourth-order valence-corrected chi connectivity index (χ4v) is 10.6. The van der Waals surface area contributed by atoms with Crippen LogP contribution in [-0.4, -0.2) is 11.2 Å². The molecule has 2 saturated carbocycles. The molecule has 0 aromatic heterocycles. The van der Waals surface area contributed by atoms with E-state index in [1.165, 1.54) is 64.2 Å². The third-order valence-electron chi connectivity index (χ3n) is 9.42. The van der Waals surface area contributed by atoms with Crippen LogP contribution < -0.4 is 0 Å². The Morgan fingerprint density at radius 2 is 0.743 bits per heavy atom. The van der Waals surface area contributed by atoms with Crippen LogP contribution in [0.3, 0.4) is 0 Å². The van der Waals surface area contributed by atoms with Crippen molar-refractivity contribution in [2.45, 2.75) is 172 Å². The molecule has 0 N–H and O–H groups in total. The summed E-state index contributed by atoms with van der Waals surface area (Å²) in [5.41, 5.74) is 0.844. The van der Waals surface area contributed by atoms with Gasteiger partial charge in [-0.1, -0.05) is 121 Å². The monoisotopic (exact) mass is 491 g/mol. The van der Waals surface area contributed by atoms with Crippen molar-refractivity contribution in [1.29, 1.82) is 0 Å². The Kier molecular flexibility index (Phi) is 9.45. The third-order valence-corrected chi connectivity index (χ3v) is 9.42. The maximum absolute atomic E-state index is 7.58. The Morgan fingerprint density at radius 3 is 0.971 bits per heavy atom. The topological polar surface area (TPSA) is 9.23 Å². The standard InChI is InChI=1S/C34H66O/c1-29(2,3)23-31(7,8)27(25-19-15-16-20-25)33(11,12)35-34(13,14)28(26-21-17-18-22-26)32(9,10)24-30(4,5)6/h25-28H,15-24H2,1-14H3. The van der Waals surface area contributed by atoms with Gasteiger partial charge in [0.2, 0.25) is 0 Å². The quantitative estimate of drug-likeness (QED) is 0.296. The van der Waals surface area contributed by atoms with Crippen molar-refractivity contribution < 1.29 is 4.74 Å². The number of ether oxygens (including phenoxy) is 1. The molecule has 0 radical (unpaired) electrons. The molecule has 0 aromatic rings. The zero-order chi connectivity index (χ0) is 27.1. The average Bonchev–Trinajstić information content (AvgIpc) is 3.21. The minimum absolute atomic E-state index is 0.151. The Morgan fingerprint density at radius 1 is 0.486 bits per heavy atom. The molecule has 2 atom stereocenters. The van der Waals surface area contributed by atoms with E-state index in [0.29, 0.717) is 22.7 Å². The molecular formula is C34H66O. The summed E-state index contributed by atoms with van der Waals surface area (Å²) in [6.07, 6.45) is 13.6. The lowest BCUT2D eigenvalue weighted by atomic mass is 9.58. The van der Waals surface area contributed by atoms with E-state index < -0.39 is 0 Å². The number of hydrogen-bond acceptors (Lipinski definition) is 1. The summed E-state index contributed by atoms with van der Waals surface area (Å²) in [6.45, 7) is 34.6. The summed E-state index contributed by atoms with van der Waals surface area (Å²) in [4.78, 5) is 0. The lowest BCUT2D eigenvalue weighted by Gasteiger charge is -2.56. The van der Waals surface area contributed by atoms with Gasteiger partial charge in [0.25, 0.3) is 0 Å². The number of hydrogen-bond donors (Lipinski definition) is 0. The molecule has 2 fully saturated rings. The molecule has 2 unspecified atom stereocenters. The highest BCUT2D eigenvalue weighted by Gasteiger charge is 2.53. The zero-order valence-corrected chi connectivity index (χ0v) is 26.8. The summed E-state index contributed by atoms with van der Waals surface area (Å²) >= 11 is 0. The van der Waals surface area contributed by atoms with E-state index in [1.807, 2.05) is 0 Å². The zero-order valence-electron chi connectivity index (χ0n) is 26.8. The average molecular weight is 491 g/mol. The SMILES string of the molecule is CC(C)(C)CC(C)(C)C(C1CCCC1)C(C)(C)OC(C)(C)C(C1CCCC1)C(C)(C)CC(C)(C)C. The summed E-state index contributed by atoms with van der Waals surface area (Å²) < 4.78 is 7.58. The van der Waals surface area contributed by atoms with E-state index in [0.717, 1.165) is 11.8 Å². The van der Waals surface area contributed by atoms with E-state index in [-0.39, 0.29) is 22.0 Å². The molecule has 0 amide bonds. The molecule has 1 heteroatoms. The second-order valence-electron chi connectivity index (χ2n) is 17.8. The normalized spacial score (nSPS) is 22.1. The van der Waals surface area contributed by atoms with Crippen molar-refractivity contribution in [3.05, 3.63) is 0 Å². The minimum atomic E-state index is -0.151. The Balaban J connectivity index is 2.46. The number of rotatable bonds is 10. The van der Waals surface area contributed by atoms with Crippen molar-refractivity contribution in [3.63, 3.8) is 0 Å². The van der Waals surface area contributed by atoms with Gasteiger partial charge in [0, 0.05) is 0 Å². The van der Waals surface area contributed by atoms with Gasteiger partial charge in [0.15, 0.2) is 0 Å². The highest BCUT2D eigenvalue weighted by Crippen LogP contribution is 2.56. The first-order chi connectivity index (χ1) is 15.6. The van der Waals surface area contributed by atoms with Crippen LogP contribution in [-0.2, 0) is 4.74 Å². The highest BCUT2D eigenvalue weighted by atomic mass is 16.5. The molecule has 0 bridgehead atoms. The van der Waals surface area contributed by atoms with Gasteiger partial charge < -0.3 is 4.74 Å². The van der Waals surface area contributed by atoms with Gasteiger partial charge in [-0.05, 0) is 85.9 Å². The first-order valence-electron chi connectivity index (χ1n) is 15.3. The second-order valence-corrected chi connectivity index (χ2v) is 17.8. The predicted octanol–water partition coefficient (Wildman–Crippen LogP) is 11.1. The van der Waals surface area contributed by atoms with Crippen LogP contribution in [0.15, 0.2) is 0 Å². The molecule has 0 heterocycles. The van der Waals surface area contributed by atoms with Crippen molar-refractivity contribution >= 4 is 0 Å². The smallest absolute Gasteiger partial charge is 0.0669 e. The van der Waals surface area contributed by atoms with E-state index >= 15 is 0 Å². The first-order valence-corrected chi connectivity index (χ1v) is 15.3. The van der Waals surface area contributed by atoms with Crippen molar-refractivity contribution in [2.75, 3.05) is 0 Å². The maximum Gasteiger partial charge on any atom is 0.0669 e. The van der Waals surface area contributed by atoms with Gasteiger partial charge in [-0.25, -0.2) is 0 Å². The first kappa shape index (κ1) is 31.2. The molecule has 0 spiro atoms. The van der Waals surface area contributed by atoms with Gasteiger partial charge in [0.05, 0.1) is 11.2 Å². The molecule has 1 nitrogen and oxygen atoms in total. The molecule has 0 aromatic carbocycles.